The highest BCUT2D eigenvalue weighted by Crippen LogP contribution is 2.66. The first kappa shape index (κ1) is 24.1. The second-order valence-electron chi connectivity index (χ2n) is 11.7. The summed E-state index contributed by atoms with van der Waals surface area (Å²) in [5.41, 5.74) is 1.72. The number of ketones is 2. The highest BCUT2D eigenvalue weighted by molar-refractivity contribution is 6.01. The van der Waals surface area contributed by atoms with E-state index in [1.807, 2.05) is 6.08 Å². The maximum atomic E-state index is 13.3. The lowest BCUT2D eigenvalue weighted by molar-refractivity contribution is -0.385. The van der Waals surface area contributed by atoms with Crippen molar-refractivity contribution in [1.82, 2.24) is 0 Å². The number of Topliss-reactive ketones (excluding diaryl/α,β-unsaturated/α-hetero) is 1. The van der Waals surface area contributed by atoms with Crippen LogP contribution in [0.15, 0.2) is 48.1 Å². The van der Waals surface area contributed by atoms with Crippen molar-refractivity contribution in [1.29, 1.82) is 0 Å². The molecule has 0 saturated heterocycles. The summed E-state index contributed by atoms with van der Waals surface area (Å²) in [6, 6.07) is 6.52. The minimum absolute atomic E-state index is 0.00102. The molecule has 0 aliphatic heterocycles. The van der Waals surface area contributed by atoms with E-state index in [4.69, 9.17) is 4.74 Å². The Hall–Kier alpha value is -2.60. The van der Waals surface area contributed by atoms with Crippen LogP contribution in [0, 0.1) is 50.5 Å². The van der Waals surface area contributed by atoms with E-state index < -0.39 is 4.92 Å². The third kappa shape index (κ3) is 3.90. The minimum Gasteiger partial charge on any atom is -0.369 e. The molecule has 0 amide bonds. The van der Waals surface area contributed by atoms with Crippen molar-refractivity contribution in [2.45, 2.75) is 59.5 Å². The topological polar surface area (TPSA) is 86.5 Å². The van der Waals surface area contributed by atoms with Crippen LogP contribution in [0.5, 0.6) is 0 Å². The van der Waals surface area contributed by atoms with E-state index in [0.717, 1.165) is 32.1 Å². The Morgan fingerprint density at radius 2 is 1.94 bits per heavy atom. The molecule has 1 aromatic carbocycles. The summed E-state index contributed by atoms with van der Waals surface area (Å²) < 4.78 is 5.73. The zero-order chi connectivity index (χ0) is 25.0. The monoisotopic (exact) mass is 477 g/mol. The van der Waals surface area contributed by atoms with Crippen molar-refractivity contribution in [3.05, 3.63) is 63.7 Å². The number of nitrogens with zero attached hydrogens (tertiary/aromatic N) is 1. The van der Waals surface area contributed by atoms with Crippen LogP contribution < -0.4 is 0 Å². The fraction of sp³-hybridized carbons (Fsp3) is 0.586. The van der Waals surface area contributed by atoms with Crippen LogP contribution in [0.4, 0.5) is 5.69 Å². The molecule has 0 N–H and O–H groups in total. The number of carbonyl (C=O) groups is 2. The van der Waals surface area contributed by atoms with Crippen LogP contribution in [0.1, 0.15) is 58.4 Å². The molecular weight excluding hydrogens is 442 g/mol. The maximum Gasteiger partial charge on any atom is 0.274 e. The summed E-state index contributed by atoms with van der Waals surface area (Å²) in [6.07, 6.45) is 10.9. The number of fused-ring (bicyclic) bond motifs is 5. The number of hydrogen-bond acceptors (Lipinski definition) is 5. The van der Waals surface area contributed by atoms with Gasteiger partial charge in [0.1, 0.15) is 6.61 Å². The second kappa shape index (κ2) is 8.81. The van der Waals surface area contributed by atoms with Gasteiger partial charge in [-0.25, -0.2) is 0 Å². The molecule has 0 radical (unpaired) electrons. The van der Waals surface area contributed by atoms with E-state index in [9.17, 15) is 19.7 Å². The van der Waals surface area contributed by atoms with Crippen molar-refractivity contribution in [3.8, 4) is 0 Å². The van der Waals surface area contributed by atoms with E-state index in [0.29, 0.717) is 29.2 Å². The quantitative estimate of drug-likeness (QED) is 0.379. The van der Waals surface area contributed by atoms with Crippen molar-refractivity contribution in [2.75, 3.05) is 6.61 Å². The van der Waals surface area contributed by atoms with Crippen LogP contribution in [-0.2, 0) is 20.9 Å². The number of ether oxygens (including phenoxy) is 1. The molecule has 0 aromatic heterocycles. The predicted octanol–water partition coefficient (Wildman–Crippen LogP) is 5.85. The molecule has 3 fully saturated rings. The van der Waals surface area contributed by atoms with Crippen molar-refractivity contribution >= 4 is 17.3 Å². The molecule has 0 bridgehead atoms. The molecule has 0 spiro atoms. The summed E-state index contributed by atoms with van der Waals surface area (Å²) in [5.74, 6) is 2.14. The second-order valence-corrected chi connectivity index (χ2v) is 11.7. The standard InChI is InChI=1S/C29H35NO5/c1-18-14-21-22-8-9-24(27(32)17-35-16-19-6-4-5-7-26(19)30(33)34)28(22,2)13-11-23(21)29(3)12-10-20(31)15-25(18)29/h4-7,10,12,15,18,21-24H,8-9,11,13-14,16-17H2,1-3H3/t18?,21-,22-,23-,24+,28-,29+/m0/s1. The molecule has 0 heterocycles. The summed E-state index contributed by atoms with van der Waals surface area (Å²) in [4.78, 5) is 36.3. The molecule has 5 rings (SSSR count). The van der Waals surface area contributed by atoms with Crippen LogP contribution in [0.25, 0.3) is 0 Å². The molecule has 4 aliphatic rings. The summed E-state index contributed by atoms with van der Waals surface area (Å²) >= 11 is 0. The van der Waals surface area contributed by atoms with Crippen LogP contribution in [0.2, 0.25) is 0 Å². The Balaban J connectivity index is 1.28. The van der Waals surface area contributed by atoms with Gasteiger partial charge in [0.2, 0.25) is 0 Å². The van der Waals surface area contributed by atoms with Gasteiger partial charge in [-0.2, -0.15) is 0 Å². The fourth-order valence-electron chi connectivity index (χ4n) is 8.32. The number of rotatable bonds is 6. The zero-order valence-electron chi connectivity index (χ0n) is 20.9. The van der Waals surface area contributed by atoms with Gasteiger partial charge in [0, 0.05) is 17.4 Å². The lowest BCUT2D eigenvalue weighted by atomic mass is 9.46. The Bertz CT molecular complexity index is 1120. The van der Waals surface area contributed by atoms with E-state index in [-0.39, 0.29) is 47.2 Å². The van der Waals surface area contributed by atoms with Crippen molar-refractivity contribution in [2.24, 2.45) is 40.4 Å². The molecule has 6 nitrogen and oxygen atoms in total. The normalized spacial score (nSPS) is 37.7. The first-order valence-electron chi connectivity index (χ1n) is 12.9. The highest BCUT2D eigenvalue weighted by Gasteiger charge is 2.60. The molecule has 6 heteroatoms. The fourth-order valence-corrected chi connectivity index (χ4v) is 8.32. The average Bonchev–Trinajstić information content (AvgIpc) is 3.18. The number of nitro benzene ring substituents is 1. The van der Waals surface area contributed by atoms with Gasteiger partial charge >= 0.3 is 0 Å². The van der Waals surface area contributed by atoms with Gasteiger partial charge < -0.3 is 4.74 Å². The molecule has 3 saturated carbocycles. The molecule has 186 valence electrons. The molecule has 7 atom stereocenters. The van der Waals surface area contributed by atoms with Crippen LogP contribution in [-0.4, -0.2) is 23.1 Å². The Morgan fingerprint density at radius 3 is 2.71 bits per heavy atom. The first-order chi connectivity index (χ1) is 16.6. The van der Waals surface area contributed by atoms with Crippen LogP contribution >= 0.6 is 0 Å². The number of carbonyl (C=O) groups excluding carboxylic acids is 2. The van der Waals surface area contributed by atoms with Crippen molar-refractivity contribution in [3.63, 3.8) is 0 Å². The smallest absolute Gasteiger partial charge is 0.274 e. The number of nitro groups is 1. The number of hydrogen-bond donors (Lipinski definition) is 0. The van der Waals surface area contributed by atoms with E-state index in [1.54, 1.807) is 24.3 Å². The van der Waals surface area contributed by atoms with Gasteiger partial charge in [-0.1, -0.05) is 44.6 Å². The Labute approximate surface area is 207 Å². The molecule has 4 aliphatic carbocycles. The summed E-state index contributed by atoms with van der Waals surface area (Å²) in [5, 5.41) is 11.3. The van der Waals surface area contributed by atoms with E-state index >= 15 is 0 Å². The number of para-hydroxylation sites is 1. The minimum atomic E-state index is -0.411. The lowest BCUT2D eigenvalue weighted by Crippen LogP contribution is -2.52. The van der Waals surface area contributed by atoms with Gasteiger partial charge in [0.05, 0.1) is 17.1 Å². The van der Waals surface area contributed by atoms with Gasteiger partial charge in [-0.15, -0.1) is 0 Å². The largest absolute Gasteiger partial charge is 0.369 e. The summed E-state index contributed by atoms with van der Waals surface area (Å²) in [6.45, 7) is 6.94. The van der Waals surface area contributed by atoms with Gasteiger partial charge in [0.25, 0.3) is 5.69 Å². The molecule has 1 aromatic rings. The molecule has 1 unspecified atom stereocenters. The summed E-state index contributed by atoms with van der Waals surface area (Å²) in [7, 11) is 0. The van der Waals surface area contributed by atoms with Gasteiger partial charge in [-0.3, -0.25) is 19.7 Å². The lowest BCUT2D eigenvalue weighted by Gasteiger charge is -2.58. The van der Waals surface area contributed by atoms with E-state index in [2.05, 4.69) is 26.8 Å². The molecule has 35 heavy (non-hydrogen) atoms. The van der Waals surface area contributed by atoms with Crippen molar-refractivity contribution < 1.29 is 19.2 Å². The zero-order valence-corrected chi connectivity index (χ0v) is 20.9. The van der Waals surface area contributed by atoms with Gasteiger partial charge in [-0.05, 0) is 79.4 Å². The number of allylic oxidation sites excluding steroid dienone is 4. The highest BCUT2D eigenvalue weighted by atomic mass is 16.6. The maximum absolute atomic E-state index is 13.3. The first-order valence-corrected chi connectivity index (χ1v) is 12.9. The predicted molar refractivity (Wildman–Crippen MR) is 132 cm³/mol. The Morgan fingerprint density at radius 1 is 1.17 bits per heavy atom. The third-order valence-corrected chi connectivity index (χ3v) is 9.96. The Kier molecular flexibility index (Phi) is 6.07. The van der Waals surface area contributed by atoms with E-state index in [1.165, 1.54) is 11.6 Å². The van der Waals surface area contributed by atoms with Gasteiger partial charge in [0.15, 0.2) is 11.6 Å². The average molecular weight is 478 g/mol. The third-order valence-electron chi connectivity index (χ3n) is 9.96. The number of benzene rings is 1. The van der Waals surface area contributed by atoms with Crippen LogP contribution in [0.3, 0.4) is 0 Å². The molecular formula is C29H35NO5. The SMILES string of the molecule is CC1C[C@H]2[C@@H]3CC[C@H](C(=O)COCc4ccccc4[N+](=O)[O-])[C@@]3(C)CC[C@@H]2[C@@]2(C)C=CC(=O)C=C12.